The minimum absolute atomic E-state index is 0. The standard InChI is InChI=1S/C11H21F3N2O.ClH/c1-2-3-10-8-15-4-5-16(10)6-7-17-9-11(12,13)14;/h10,15H,2-9H2,1H3;1H. The molecule has 0 spiro atoms. The topological polar surface area (TPSA) is 24.5 Å². The van der Waals surface area contributed by atoms with Gasteiger partial charge in [-0.3, -0.25) is 4.90 Å². The summed E-state index contributed by atoms with van der Waals surface area (Å²) in [5.41, 5.74) is 0. The summed E-state index contributed by atoms with van der Waals surface area (Å²) < 4.78 is 40.3. The number of alkyl halides is 3. The third-order valence-electron chi connectivity index (χ3n) is 2.88. The Bertz CT molecular complexity index is 215. The van der Waals surface area contributed by atoms with Gasteiger partial charge in [-0.2, -0.15) is 13.2 Å². The van der Waals surface area contributed by atoms with Crippen LogP contribution in [0.2, 0.25) is 0 Å². The molecule has 1 unspecified atom stereocenters. The lowest BCUT2D eigenvalue weighted by atomic mass is 10.1. The fourth-order valence-electron chi connectivity index (χ4n) is 2.08. The van der Waals surface area contributed by atoms with E-state index in [4.69, 9.17) is 0 Å². The zero-order valence-electron chi connectivity index (χ0n) is 10.6. The molecule has 1 saturated heterocycles. The summed E-state index contributed by atoms with van der Waals surface area (Å²) in [4.78, 5) is 2.22. The third kappa shape index (κ3) is 7.41. The highest BCUT2D eigenvalue weighted by Gasteiger charge is 2.27. The van der Waals surface area contributed by atoms with E-state index in [2.05, 4.69) is 21.9 Å². The number of hydrogen-bond acceptors (Lipinski definition) is 3. The molecule has 1 heterocycles. The monoisotopic (exact) mass is 290 g/mol. The first-order valence-corrected chi connectivity index (χ1v) is 6.12. The van der Waals surface area contributed by atoms with Crippen LogP contribution in [0.1, 0.15) is 19.8 Å². The molecule has 1 rings (SSSR count). The van der Waals surface area contributed by atoms with Gasteiger partial charge in [-0.05, 0) is 6.42 Å². The van der Waals surface area contributed by atoms with Gasteiger partial charge in [0.05, 0.1) is 6.61 Å². The minimum atomic E-state index is -4.22. The van der Waals surface area contributed by atoms with E-state index < -0.39 is 12.8 Å². The highest BCUT2D eigenvalue weighted by atomic mass is 35.5. The van der Waals surface area contributed by atoms with Crippen LogP contribution in [0.15, 0.2) is 0 Å². The normalized spacial score (nSPS) is 21.7. The summed E-state index contributed by atoms with van der Waals surface area (Å²) in [6.07, 6.45) is -2.05. The second-order valence-electron chi connectivity index (χ2n) is 4.35. The van der Waals surface area contributed by atoms with Crippen molar-refractivity contribution < 1.29 is 17.9 Å². The fourth-order valence-corrected chi connectivity index (χ4v) is 2.08. The summed E-state index contributed by atoms with van der Waals surface area (Å²) in [7, 11) is 0. The molecule has 3 nitrogen and oxygen atoms in total. The quantitative estimate of drug-likeness (QED) is 0.758. The average Bonchev–Trinajstić information content (AvgIpc) is 2.25. The van der Waals surface area contributed by atoms with Gasteiger partial charge >= 0.3 is 6.18 Å². The Morgan fingerprint density at radius 2 is 2.11 bits per heavy atom. The number of halogens is 4. The molecule has 0 saturated carbocycles. The van der Waals surface area contributed by atoms with Crippen LogP contribution < -0.4 is 5.32 Å². The molecule has 1 fully saturated rings. The van der Waals surface area contributed by atoms with Crippen molar-refractivity contribution >= 4 is 12.4 Å². The molecule has 0 bridgehead atoms. The van der Waals surface area contributed by atoms with E-state index in [9.17, 15) is 13.2 Å². The van der Waals surface area contributed by atoms with Gasteiger partial charge in [0.1, 0.15) is 6.61 Å². The number of nitrogens with zero attached hydrogens (tertiary/aromatic N) is 1. The van der Waals surface area contributed by atoms with Gasteiger partial charge in [0.25, 0.3) is 0 Å². The van der Waals surface area contributed by atoms with Crippen molar-refractivity contribution in [2.45, 2.75) is 32.0 Å². The van der Waals surface area contributed by atoms with Crippen LogP contribution >= 0.6 is 12.4 Å². The summed E-state index contributed by atoms with van der Waals surface area (Å²) in [5.74, 6) is 0. The van der Waals surface area contributed by atoms with E-state index in [1.165, 1.54) is 0 Å². The van der Waals surface area contributed by atoms with Gasteiger partial charge < -0.3 is 10.1 Å². The molecular weight excluding hydrogens is 269 g/mol. The highest BCUT2D eigenvalue weighted by molar-refractivity contribution is 5.85. The third-order valence-corrected chi connectivity index (χ3v) is 2.88. The summed E-state index contributed by atoms with van der Waals surface area (Å²) in [6, 6.07) is 0.434. The molecule has 1 aliphatic rings. The van der Waals surface area contributed by atoms with Crippen LogP contribution in [0, 0.1) is 0 Å². The van der Waals surface area contributed by atoms with Crippen LogP contribution in [-0.2, 0) is 4.74 Å². The summed E-state index contributed by atoms with van der Waals surface area (Å²) >= 11 is 0. The van der Waals surface area contributed by atoms with E-state index in [0.717, 1.165) is 32.5 Å². The summed E-state index contributed by atoms with van der Waals surface area (Å²) in [6.45, 7) is 4.43. The van der Waals surface area contributed by atoms with Crippen LogP contribution in [0.4, 0.5) is 13.2 Å². The molecule has 0 aliphatic carbocycles. The van der Waals surface area contributed by atoms with Gasteiger partial charge in [-0.1, -0.05) is 13.3 Å². The zero-order valence-corrected chi connectivity index (χ0v) is 11.4. The van der Waals surface area contributed by atoms with Crippen molar-refractivity contribution in [3.63, 3.8) is 0 Å². The first-order valence-electron chi connectivity index (χ1n) is 6.12. The van der Waals surface area contributed by atoms with Crippen molar-refractivity contribution in [2.24, 2.45) is 0 Å². The van der Waals surface area contributed by atoms with E-state index in [1.54, 1.807) is 0 Å². The largest absolute Gasteiger partial charge is 0.411 e. The molecule has 1 aliphatic heterocycles. The van der Waals surface area contributed by atoms with Crippen LogP contribution in [0.25, 0.3) is 0 Å². The zero-order chi connectivity index (χ0) is 12.7. The molecule has 0 aromatic rings. The maximum Gasteiger partial charge on any atom is 0.411 e. The fraction of sp³-hybridized carbons (Fsp3) is 1.00. The Morgan fingerprint density at radius 3 is 2.72 bits per heavy atom. The van der Waals surface area contributed by atoms with Gasteiger partial charge in [-0.15, -0.1) is 12.4 Å². The molecular formula is C11H22ClF3N2O. The molecule has 0 amide bonds. The number of nitrogens with one attached hydrogen (secondary N) is 1. The van der Waals surface area contributed by atoms with Crippen molar-refractivity contribution in [1.29, 1.82) is 0 Å². The molecule has 7 heteroatoms. The lowest BCUT2D eigenvalue weighted by Gasteiger charge is -2.36. The molecule has 0 aromatic heterocycles. The van der Waals surface area contributed by atoms with Crippen LogP contribution in [0.3, 0.4) is 0 Å². The number of ether oxygens (including phenoxy) is 1. The molecule has 18 heavy (non-hydrogen) atoms. The van der Waals surface area contributed by atoms with Crippen molar-refractivity contribution in [2.75, 3.05) is 39.4 Å². The Morgan fingerprint density at radius 1 is 1.39 bits per heavy atom. The first kappa shape index (κ1) is 18.0. The van der Waals surface area contributed by atoms with Gasteiger partial charge in [0, 0.05) is 32.2 Å². The Labute approximate surface area is 112 Å². The maximum atomic E-state index is 11.9. The second-order valence-corrected chi connectivity index (χ2v) is 4.35. The minimum Gasteiger partial charge on any atom is -0.371 e. The Balaban J connectivity index is 0.00000289. The number of rotatable bonds is 6. The van der Waals surface area contributed by atoms with E-state index in [0.29, 0.717) is 12.6 Å². The van der Waals surface area contributed by atoms with E-state index in [-0.39, 0.29) is 19.0 Å². The van der Waals surface area contributed by atoms with Gasteiger partial charge in [0.2, 0.25) is 0 Å². The molecule has 0 aromatic carbocycles. The number of hydrogen-bond donors (Lipinski definition) is 1. The predicted molar refractivity (Wildman–Crippen MR) is 67.3 cm³/mol. The van der Waals surface area contributed by atoms with Crippen LogP contribution in [-0.4, -0.2) is 56.5 Å². The highest BCUT2D eigenvalue weighted by Crippen LogP contribution is 2.14. The lowest BCUT2D eigenvalue weighted by Crippen LogP contribution is -2.52. The smallest absolute Gasteiger partial charge is 0.371 e. The Kier molecular flexibility index (Phi) is 8.94. The van der Waals surface area contributed by atoms with Crippen molar-refractivity contribution in [3.05, 3.63) is 0 Å². The predicted octanol–water partition coefficient (Wildman–Crippen LogP) is 2.06. The first-order chi connectivity index (χ1) is 8.03. The van der Waals surface area contributed by atoms with Gasteiger partial charge in [0.15, 0.2) is 0 Å². The van der Waals surface area contributed by atoms with Gasteiger partial charge in [-0.25, -0.2) is 0 Å². The SMILES string of the molecule is CCCC1CNCCN1CCOCC(F)(F)F.Cl. The molecule has 110 valence electrons. The van der Waals surface area contributed by atoms with E-state index in [1.807, 2.05) is 0 Å². The average molecular weight is 291 g/mol. The molecule has 1 atom stereocenters. The second kappa shape index (κ2) is 8.96. The Hall–Kier alpha value is -0.0400. The van der Waals surface area contributed by atoms with Crippen molar-refractivity contribution in [3.8, 4) is 0 Å². The molecule has 1 N–H and O–H groups in total. The van der Waals surface area contributed by atoms with E-state index >= 15 is 0 Å². The number of piperazine rings is 1. The maximum absolute atomic E-state index is 11.9. The lowest BCUT2D eigenvalue weighted by molar-refractivity contribution is -0.175. The molecule has 0 radical (unpaired) electrons. The van der Waals surface area contributed by atoms with Crippen molar-refractivity contribution in [1.82, 2.24) is 10.2 Å². The summed E-state index contributed by atoms with van der Waals surface area (Å²) in [5, 5.41) is 3.30. The van der Waals surface area contributed by atoms with Crippen LogP contribution in [0.5, 0.6) is 0 Å².